The SMILES string of the molecule is COC(=O)C(Cc1cccc(OC)c1)P(OC)OC. The van der Waals surface area contributed by atoms with Crippen molar-refractivity contribution in [1.82, 2.24) is 0 Å². The summed E-state index contributed by atoms with van der Waals surface area (Å²) in [5.74, 6) is 0.415. The minimum absolute atomic E-state index is 0.336. The van der Waals surface area contributed by atoms with Crippen molar-refractivity contribution in [1.29, 1.82) is 0 Å². The van der Waals surface area contributed by atoms with Gasteiger partial charge >= 0.3 is 5.97 Å². The van der Waals surface area contributed by atoms with Crippen LogP contribution in [0.15, 0.2) is 24.3 Å². The Morgan fingerprint density at radius 1 is 1.21 bits per heavy atom. The van der Waals surface area contributed by atoms with Crippen molar-refractivity contribution < 1.29 is 23.3 Å². The van der Waals surface area contributed by atoms with Gasteiger partial charge in [0.2, 0.25) is 0 Å². The lowest BCUT2D eigenvalue weighted by Crippen LogP contribution is -2.24. The Kier molecular flexibility index (Phi) is 6.78. The second kappa shape index (κ2) is 8.10. The van der Waals surface area contributed by atoms with E-state index >= 15 is 0 Å². The molecular weight excluding hydrogens is 267 g/mol. The summed E-state index contributed by atoms with van der Waals surface area (Å²) in [5.41, 5.74) is 0.512. The Morgan fingerprint density at radius 3 is 2.42 bits per heavy atom. The number of hydrogen-bond acceptors (Lipinski definition) is 5. The van der Waals surface area contributed by atoms with Crippen LogP contribution in [0.5, 0.6) is 5.75 Å². The zero-order valence-corrected chi connectivity index (χ0v) is 12.5. The highest BCUT2D eigenvalue weighted by molar-refractivity contribution is 7.49. The quantitative estimate of drug-likeness (QED) is 0.569. The third-order valence-corrected chi connectivity index (χ3v) is 4.27. The summed E-state index contributed by atoms with van der Waals surface area (Å²) >= 11 is 0. The van der Waals surface area contributed by atoms with Crippen LogP contribution in [0.25, 0.3) is 0 Å². The van der Waals surface area contributed by atoms with E-state index < -0.39 is 14.0 Å². The minimum Gasteiger partial charge on any atom is -0.497 e. The maximum atomic E-state index is 11.8. The van der Waals surface area contributed by atoms with Gasteiger partial charge in [-0.3, -0.25) is 4.79 Å². The summed E-state index contributed by atoms with van der Waals surface area (Å²) in [6, 6.07) is 7.54. The second-order valence-electron chi connectivity index (χ2n) is 3.75. The van der Waals surface area contributed by atoms with E-state index in [2.05, 4.69) is 0 Å². The molecule has 0 amide bonds. The molecule has 0 fully saturated rings. The van der Waals surface area contributed by atoms with Crippen molar-refractivity contribution in [2.75, 3.05) is 28.4 Å². The summed E-state index contributed by atoms with van der Waals surface area (Å²) < 4.78 is 20.4. The van der Waals surface area contributed by atoms with Gasteiger partial charge in [-0.15, -0.1) is 0 Å². The third-order valence-electron chi connectivity index (χ3n) is 2.65. The Bertz CT molecular complexity index is 406. The van der Waals surface area contributed by atoms with Gasteiger partial charge in [-0.05, 0) is 24.1 Å². The van der Waals surface area contributed by atoms with Crippen LogP contribution < -0.4 is 4.74 Å². The second-order valence-corrected chi connectivity index (χ2v) is 5.67. The molecule has 0 saturated carbocycles. The van der Waals surface area contributed by atoms with Gasteiger partial charge in [-0.1, -0.05) is 12.1 Å². The topological polar surface area (TPSA) is 54.0 Å². The van der Waals surface area contributed by atoms with Gasteiger partial charge in [0, 0.05) is 14.2 Å². The molecule has 0 aliphatic heterocycles. The highest BCUT2D eigenvalue weighted by Gasteiger charge is 2.30. The average molecular weight is 286 g/mol. The van der Waals surface area contributed by atoms with E-state index in [1.165, 1.54) is 21.3 Å². The van der Waals surface area contributed by atoms with Crippen LogP contribution in [0.1, 0.15) is 5.56 Å². The highest BCUT2D eigenvalue weighted by Crippen LogP contribution is 2.44. The monoisotopic (exact) mass is 286 g/mol. The van der Waals surface area contributed by atoms with E-state index in [1.807, 2.05) is 24.3 Å². The predicted octanol–water partition coefficient (Wildman–Crippen LogP) is 2.38. The van der Waals surface area contributed by atoms with Crippen LogP contribution in [0, 0.1) is 0 Å². The van der Waals surface area contributed by atoms with Gasteiger partial charge in [-0.25, -0.2) is 0 Å². The molecule has 19 heavy (non-hydrogen) atoms. The Morgan fingerprint density at radius 2 is 1.89 bits per heavy atom. The fourth-order valence-corrected chi connectivity index (χ4v) is 3.03. The van der Waals surface area contributed by atoms with Gasteiger partial charge in [0.05, 0.1) is 14.2 Å². The molecule has 1 aromatic rings. The number of carbonyl (C=O) groups excluding carboxylic acids is 1. The van der Waals surface area contributed by atoms with Crippen LogP contribution in [0.3, 0.4) is 0 Å². The van der Waals surface area contributed by atoms with E-state index in [4.69, 9.17) is 18.5 Å². The first-order chi connectivity index (χ1) is 9.15. The summed E-state index contributed by atoms with van der Waals surface area (Å²) in [5, 5.41) is 0. The molecule has 0 aromatic heterocycles. The van der Waals surface area contributed by atoms with Crippen LogP contribution in [-0.2, 0) is 25.0 Å². The van der Waals surface area contributed by atoms with Crippen LogP contribution in [0.4, 0.5) is 0 Å². The van der Waals surface area contributed by atoms with Gasteiger partial charge < -0.3 is 18.5 Å². The summed E-state index contributed by atoms with van der Waals surface area (Å²) in [6.45, 7) is 0. The number of methoxy groups -OCH3 is 2. The van der Waals surface area contributed by atoms with Crippen molar-refractivity contribution in [2.24, 2.45) is 0 Å². The standard InChI is InChI=1S/C13H19O5P/c1-15-11-7-5-6-10(8-11)9-12(13(14)16-2)19(17-3)18-4/h5-8,12H,9H2,1-4H3. The number of ether oxygens (including phenoxy) is 2. The Hall–Kier alpha value is -1.16. The summed E-state index contributed by atoms with van der Waals surface area (Å²) in [6.07, 6.45) is 0.483. The predicted molar refractivity (Wildman–Crippen MR) is 73.4 cm³/mol. The molecule has 0 saturated heterocycles. The smallest absolute Gasteiger partial charge is 0.318 e. The van der Waals surface area contributed by atoms with Crippen molar-refractivity contribution in [3.05, 3.63) is 29.8 Å². The molecular formula is C13H19O5P. The molecule has 0 aliphatic rings. The number of carbonyl (C=O) groups is 1. The fraction of sp³-hybridized carbons (Fsp3) is 0.462. The lowest BCUT2D eigenvalue weighted by atomic mass is 10.1. The minimum atomic E-state index is -1.32. The van der Waals surface area contributed by atoms with E-state index in [0.29, 0.717) is 6.42 Å². The van der Waals surface area contributed by atoms with Crippen molar-refractivity contribution >= 4 is 14.3 Å². The molecule has 5 nitrogen and oxygen atoms in total. The van der Waals surface area contributed by atoms with Gasteiger partial charge in [0.15, 0.2) is 8.38 Å². The first-order valence-electron chi connectivity index (χ1n) is 5.74. The number of hydrogen-bond donors (Lipinski definition) is 0. The summed E-state index contributed by atoms with van der Waals surface area (Å²) in [4.78, 5) is 11.8. The molecule has 6 heteroatoms. The molecule has 1 rings (SSSR count). The highest BCUT2D eigenvalue weighted by atomic mass is 31.2. The lowest BCUT2D eigenvalue weighted by molar-refractivity contribution is -0.140. The van der Waals surface area contributed by atoms with Gasteiger partial charge in [-0.2, -0.15) is 0 Å². The molecule has 1 aromatic carbocycles. The average Bonchev–Trinajstić information content (AvgIpc) is 2.46. The molecule has 0 heterocycles. The zero-order valence-electron chi connectivity index (χ0n) is 11.6. The van der Waals surface area contributed by atoms with E-state index in [9.17, 15) is 4.79 Å². The van der Waals surface area contributed by atoms with E-state index in [1.54, 1.807) is 7.11 Å². The molecule has 1 unspecified atom stereocenters. The first-order valence-corrected chi connectivity index (χ1v) is 6.99. The van der Waals surface area contributed by atoms with Crippen LogP contribution in [-0.4, -0.2) is 40.1 Å². The molecule has 0 radical (unpaired) electrons. The first kappa shape index (κ1) is 15.9. The normalized spacial score (nSPS) is 12.3. The molecule has 106 valence electrons. The molecule has 0 spiro atoms. The number of esters is 1. The number of rotatable bonds is 7. The molecule has 0 bridgehead atoms. The molecule has 1 atom stereocenters. The molecule has 0 aliphatic carbocycles. The van der Waals surface area contributed by atoms with Crippen molar-refractivity contribution in [2.45, 2.75) is 12.1 Å². The zero-order chi connectivity index (χ0) is 14.3. The van der Waals surface area contributed by atoms with Crippen LogP contribution in [0.2, 0.25) is 0 Å². The maximum absolute atomic E-state index is 11.8. The van der Waals surface area contributed by atoms with Crippen LogP contribution >= 0.6 is 8.38 Å². The van der Waals surface area contributed by atoms with E-state index in [0.717, 1.165) is 11.3 Å². The Labute approximate surface area is 114 Å². The Balaban J connectivity index is 2.89. The fourth-order valence-electron chi connectivity index (χ4n) is 1.73. The summed E-state index contributed by atoms with van der Waals surface area (Å²) in [7, 11) is 4.70. The van der Waals surface area contributed by atoms with Gasteiger partial charge in [0.25, 0.3) is 0 Å². The lowest BCUT2D eigenvalue weighted by Gasteiger charge is -2.21. The maximum Gasteiger partial charge on any atom is 0.318 e. The van der Waals surface area contributed by atoms with E-state index in [-0.39, 0.29) is 5.97 Å². The van der Waals surface area contributed by atoms with Crippen molar-refractivity contribution in [3.63, 3.8) is 0 Å². The molecule has 0 N–H and O–H groups in total. The third kappa shape index (κ3) is 4.46. The van der Waals surface area contributed by atoms with Gasteiger partial charge in [0.1, 0.15) is 11.4 Å². The largest absolute Gasteiger partial charge is 0.497 e. The number of benzene rings is 1. The van der Waals surface area contributed by atoms with Crippen molar-refractivity contribution in [3.8, 4) is 5.75 Å².